The van der Waals surface area contributed by atoms with Crippen molar-refractivity contribution in [2.45, 2.75) is 6.54 Å². The van der Waals surface area contributed by atoms with E-state index in [1.165, 1.54) is 11.3 Å². The zero-order valence-corrected chi connectivity index (χ0v) is 18.6. The van der Waals surface area contributed by atoms with Crippen molar-refractivity contribution in [2.75, 3.05) is 11.7 Å². The molecule has 0 aliphatic carbocycles. The minimum absolute atomic E-state index is 0.179. The summed E-state index contributed by atoms with van der Waals surface area (Å²) < 4.78 is 12.7. The van der Waals surface area contributed by atoms with Crippen molar-refractivity contribution < 1.29 is 14.3 Å². The van der Waals surface area contributed by atoms with Crippen LogP contribution in [-0.2, 0) is 11.3 Å². The molecular weight excluding hydrogens is 478 g/mol. The van der Waals surface area contributed by atoms with Gasteiger partial charge in [0.05, 0.1) is 22.5 Å². The van der Waals surface area contributed by atoms with Crippen molar-refractivity contribution in [3.63, 3.8) is 0 Å². The number of benzene rings is 2. The van der Waals surface area contributed by atoms with Crippen molar-refractivity contribution in [1.29, 1.82) is 0 Å². The number of thiazole rings is 1. The molecule has 0 spiro atoms. The Hall–Kier alpha value is -3.23. The number of hydrogen-bond acceptors (Lipinski definition) is 6. The molecule has 1 amide bonds. The molecule has 1 aliphatic rings. The molecule has 154 valence electrons. The Bertz CT molecular complexity index is 1290. The molecule has 0 fully saturated rings. The van der Waals surface area contributed by atoms with E-state index in [0.717, 1.165) is 25.9 Å². The van der Waals surface area contributed by atoms with Gasteiger partial charge in [0.1, 0.15) is 0 Å². The summed E-state index contributed by atoms with van der Waals surface area (Å²) in [6.45, 7) is 0.541. The minimum atomic E-state index is -0.179. The van der Waals surface area contributed by atoms with Gasteiger partial charge in [-0.3, -0.25) is 14.7 Å². The molecule has 4 aromatic rings. The Kier molecular flexibility index (Phi) is 5.40. The molecule has 8 heteroatoms. The number of nitrogens with zero attached hydrogens (tertiary/aromatic N) is 3. The summed E-state index contributed by atoms with van der Waals surface area (Å²) in [4.78, 5) is 23.9. The molecule has 0 saturated carbocycles. The maximum Gasteiger partial charge on any atom is 0.253 e. The predicted molar refractivity (Wildman–Crippen MR) is 124 cm³/mol. The highest BCUT2D eigenvalue weighted by Gasteiger charge is 2.19. The van der Waals surface area contributed by atoms with Crippen LogP contribution in [0.3, 0.4) is 0 Å². The first-order chi connectivity index (χ1) is 15.2. The first-order valence-electron chi connectivity index (χ1n) is 9.51. The Morgan fingerprint density at radius 1 is 1.13 bits per heavy atom. The maximum absolute atomic E-state index is 13.2. The molecule has 0 radical (unpaired) electrons. The SMILES string of the molecule is O=C(/C=C/c1ccc2c(c1)OCO2)N(Cc1ccccn1)c1nc2ccc(Br)cc2s1. The number of amides is 1. The highest BCUT2D eigenvalue weighted by molar-refractivity contribution is 9.10. The first-order valence-corrected chi connectivity index (χ1v) is 11.1. The summed E-state index contributed by atoms with van der Waals surface area (Å²) in [5, 5.41) is 0.624. The number of rotatable bonds is 5. The summed E-state index contributed by atoms with van der Waals surface area (Å²) in [6, 6.07) is 17.1. The lowest BCUT2D eigenvalue weighted by Gasteiger charge is -2.17. The Balaban J connectivity index is 1.46. The number of fused-ring (bicyclic) bond motifs is 2. The fourth-order valence-corrected chi connectivity index (χ4v) is 4.69. The van der Waals surface area contributed by atoms with E-state index in [4.69, 9.17) is 9.47 Å². The van der Waals surface area contributed by atoms with E-state index in [1.807, 2.05) is 54.6 Å². The molecule has 0 unspecified atom stereocenters. The van der Waals surface area contributed by atoms with Crippen molar-refractivity contribution in [3.8, 4) is 11.5 Å². The molecule has 6 nitrogen and oxygen atoms in total. The highest BCUT2D eigenvalue weighted by Crippen LogP contribution is 2.34. The second kappa shape index (κ2) is 8.49. The lowest BCUT2D eigenvalue weighted by atomic mass is 10.2. The van der Waals surface area contributed by atoms with Crippen LogP contribution in [0.2, 0.25) is 0 Å². The third-order valence-corrected chi connectivity index (χ3v) is 6.23. The zero-order chi connectivity index (χ0) is 21.2. The third-order valence-electron chi connectivity index (χ3n) is 4.70. The van der Waals surface area contributed by atoms with Crippen LogP contribution in [0.15, 0.2) is 71.3 Å². The summed E-state index contributed by atoms with van der Waals surface area (Å²) in [5.74, 6) is 1.21. The van der Waals surface area contributed by atoms with E-state index in [2.05, 4.69) is 25.9 Å². The number of anilines is 1. The van der Waals surface area contributed by atoms with Gasteiger partial charge in [-0.25, -0.2) is 4.98 Å². The van der Waals surface area contributed by atoms with Gasteiger partial charge in [-0.05, 0) is 54.1 Å². The maximum atomic E-state index is 13.2. The van der Waals surface area contributed by atoms with Gasteiger partial charge in [-0.15, -0.1) is 0 Å². The number of carbonyl (C=O) groups excluding carboxylic acids is 1. The predicted octanol–water partition coefficient (Wildman–Crippen LogP) is 5.43. The molecular formula is C23H16BrN3O3S. The van der Waals surface area contributed by atoms with Gasteiger partial charge in [-0.1, -0.05) is 39.4 Å². The van der Waals surface area contributed by atoms with Crippen LogP contribution in [-0.4, -0.2) is 22.7 Å². The van der Waals surface area contributed by atoms with E-state index in [9.17, 15) is 4.79 Å². The fraction of sp³-hybridized carbons (Fsp3) is 0.0870. The normalized spacial score (nSPS) is 12.5. The molecule has 1 aliphatic heterocycles. The van der Waals surface area contributed by atoms with Crippen molar-refractivity contribution in [3.05, 3.63) is 82.6 Å². The van der Waals surface area contributed by atoms with Gasteiger partial charge < -0.3 is 9.47 Å². The van der Waals surface area contributed by atoms with E-state index in [-0.39, 0.29) is 12.7 Å². The van der Waals surface area contributed by atoms with Gasteiger partial charge in [-0.2, -0.15) is 0 Å². The molecule has 0 atom stereocenters. The van der Waals surface area contributed by atoms with Crippen LogP contribution in [0.5, 0.6) is 11.5 Å². The topological polar surface area (TPSA) is 64.6 Å². The minimum Gasteiger partial charge on any atom is -0.454 e. The number of aromatic nitrogens is 2. The molecule has 0 N–H and O–H groups in total. The van der Waals surface area contributed by atoms with E-state index in [1.54, 1.807) is 23.2 Å². The Morgan fingerprint density at radius 2 is 2.03 bits per heavy atom. The van der Waals surface area contributed by atoms with Gasteiger partial charge in [0, 0.05) is 16.7 Å². The van der Waals surface area contributed by atoms with Crippen LogP contribution in [0.4, 0.5) is 5.13 Å². The van der Waals surface area contributed by atoms with Gasteiger partial charge >= 0.3 is 0 Å². The second-order valence-electron chi connectivity index (χ2n) is 6.80. The second-order valence-corrected chi connectivity index (χ2v) is 8.72. The van der Waals surface area contributed by atoms with Crippen LogP contribution in [0.25, 0.3) is 16.3 Å². The zero-order valence-electron chi connectivity index (χ0n) is 16.2. The number of hydrogen-bond donors (Lipinski definition) is 0. The average Bonchev–Trinajstić information content (AvgIpc) is 3.42. The Morgan fingerprint density at radius 3 is 2.90 bits per heavy atom. The fourth-order valence-electron chi connectivity index (χ4n) is 3.17. The van der Waals surface area contributed by atoms with E-state index in [0.29, 0.717) is 23.2 Å². The monoisotopic (exact) mass is 493 g/mol. The van der Waals surface area contributed by atoms with Crippen molar-refractivity contribution in [1.82, 2.24) is 9.97 Å². The number of ether oxygens (including phenoxy) is 2. The molecule has 5 rings (SSSR count). The van der Waals surface area contributed by atoms with Crippen molar-refractivity contribution >= 4 is 54.6 Å². The summed E-state index contributed by atoms with van der Waals surface area (Å²) in [7, 11) is 0. The summed E-state index contributed by atoms with van der Waals surface area (Å²) in [6.07, 6.45) is 5.03. The summed E-state index contributed by atoms with van der Waals surface area (Å²) >= 11 is 4.96. The molecule has 31 heavy (non-hydrogen) atoms. The van der Waals surface area contributed by atoms with Gasteiger partial charge in [0.25, 0.3) is 5.91 Å². The number of carbonyl (C=O) groups is 1. The van der Waals surface area contributed by atoms with Crippen LogP contribution >= 0.6 is 27.3 Å². The van der Waals surface area contributed by atoms with Crippen LogP contribution in [0, 0.1) is 0 Å². The number of pyridine rings is 1. The lowest BCUT2D eigenvalue weighted by molar-refractivity contribution is -0.114. The first kappa shape index (κ1) is 19.7. The molecule has 2 aromatic heterocycles. The largest absolute Gasteiger partial charge is 0.454 e. The van der Waals surface area contributed by atoms with Crippen LogP contribution in [0.1, 0.15) is 11.3 Å². The third kappa shape index (κ3) is 4.30. The molecule has 0 bridgehead atoms. The smallest absolute Gasteiger partial charge is 0.253 e. The molecule has 3 heterocycles. The van der Waals surface area contributed by atoms with E-state index >= 15 is 0 Å². The van der Waals surface area contributed by atoms with Gasteiger partial charge in [0.15, 0.2) is 16.6 Å². The van der Waals surface area contributed by atoms with Crippen LogP contribution < -0.4 is 14.4 Å². The average molecular weight is 494 g/mol. The van der Waals surface area contributed by atoms with E-state index < -0.39 is 0 Å². The molecule has 0 saturated heterocycles. The number of halogens is 1. The van der Waals surface area contributed by atoms with Crippen molar-refractivity contribution in [2.24, 2.45) is 0 Å². The molecule has 2 aromatic carbocycles. The standard InChI is InChI=1S/C23H16BrN3O3S/c24-16-6-7-18-21(12-16)31-23(26-18)27(13-17-3-1-2-10-25-17)22(28)9-5-15-4-8-19-20(11-15)30-14-29-19/h1-12H,13-14H2/b9-5+. The van der Waals surface area contributed by atoms with Gasteiger partial charge in [0.2, 0.25) is 6.79 Å². The lowest BCUT2D eigenvalue weighted by Crippen LogP contribution is -2.29. The summed E-state index contributed by atoms with van der Waals surface area (Å²) in [5.41, 5.74) is 2.48. The quantitative estimate of drug-likeness (QED) is 0.347. The Labute approximate surface area is 190 Å². The highest BCUT2D eigenvalue weighted by atomic mass is 79.9.